The van der Waals surface area contributed by atoms with Crippen LogP contribution in [-0.4, -0.2) is 82.4 Å². The normalized spacial score (nSPS) is 16.4. The lowest BCUT2D eigenvalue weighted by atomic mass is 10.0. The van der Waals surface area contributed by atoms with Crippen LogP contribution in [0.2, 0.25) is 0 Å². The van der Waals surface area contributed by atoms with E-state index in [-0.39, 0.29) is 5.91 Å². The van der Waals surface area contributed by atoms with Crippen LogP contribution in [-0.2, 0) is 9.47 Å². The number of hydrogen-bond donors (Lipinski definition) is 0. The lowest BCUT2D eigenvalue weighted by Gasteiger charge is -2.36. The van der Waals surface area contributed by atoms with Crippen molar-refractivity contribution in [1.29, 1.82) is 0 Å². The largest absolute Gasteiger partial charge is 0.497 e. The van der Waals surface area contributed by atoms with E-state index in [2.05, 4.69) is 16.9 Å². The van der Waals surface area contributed by atoms with Crippen LogP contribution in [0.3, 0.4) is 0 Å². The minimum absolute atomic E-state index is 0.297. The standard InChI is InChI=1S/C19H29N3O4/c1-21-10-8-16(9-11-21)22(2)19(26-13-12-24-3)20-18(23)15-6-5-7-17(14-15)25-4/h5-7,14,16H,8-13H2,1-4H3. The number of likely N-dealkylation sites (tertiary alicyclic amines) is 1. The van der Waals surface area contributed by atoms with Crippen LogP contribution in [0.4, 0.5) is 0 Å². The van der Waals surface area contributed by atoms with Crippen LogP contribution in [0.5, 0.6) is 5.75 Å². The summed E-state index contributed by atoms with van der Waals surface area (Å²) in [6.45, 7) is 2.82. The number of ether oxygens (including phenoxy) is 3. The Labute approximate surface area is 155 Å². The molecule has 1 heterocycles. The van der Waals surface area contributed by atoms with Gasteiger partial charge in [0.1, 0.15) is 12.4 Å². The lowest BCUT2D eigenvalue weighted by molar-refractivity contribution is 0.0965. The van der Waals surface area contributed by atoms with Gasteiger partial charge in [-0.1, -0.05) is 6.07 Å². The average molecular weight is 363 g/mol. The van der Waals surface area contributed by atoms with Crippen molar-refractivity contribution in [3.8, 4) is 5.75 Å². The molecule has 1 aliphatic heterocycles. The highest BCUT2D eigenvalue weighted by Crippen LogP contribution is 2.17. The molecule has 0 atom stereocenters. The third-order valence-electron chi connectivity index (χ3n) is 4.57. The van der Waals surface area contributed by atoms with E-state index in [1.807, 2.05) is 11.9 Å². The number of methoxy groups -OCH3 is 2. The topological polar surface area (TPSA) is 63.6 Å². The number of nitrogens with zero attached hydrogens (tertiary/aromatic N) is 3. The van der Waals surface area contributed by atoms with Crippen molar-refractivity contribution in [2.75, 3.05) is 54.6 Å². The van der Waals surface area contributed by atoms with Gasteiger partial charge in [0.15, 0.2) is 0 Å². The minimum Gasteiger partial charge on any atom is -0.497 e. The van der Waals surface area contributed by atoms with E-state index >= 15 is 0 Å². The fourth-order valence-electron chi connectivity index (χ4n) is 2.88. The summed E-state index contributed by atoms with van der Waals surface area (Å²) in [7, 11) is 7.23. The van der Waals surface area contributed by atoms with Gasteiger partial charge in [0.05, 0.1) is 13.7 Å². The molecule has 7 nitrogen and oxygen atoms in total. The molecule has 2 rings (SSSR count). The van der Waals surface area contributed by atoms with Crippen molar-refractivity contribution in [2.24, 2.45) is 4.99 Å². The summed E-state index contributed by atoms with van der Waals surface area (Å²) in [6.07, 6.45) is 2.01. The molecule has 1 aromatic carbocycles. The highest BCUT2D eigenvalue weighted by atomic mass is 16.5. The maximum absolute atomic E-state index is 12.6. The summed E-state index contributed by atoms with van der Waals surface area (Å²) >= 11 is 0. The molecule has 1 saturated heterocycles. The molecule has 0 unspecified atom stereocenters. The molecular weight excluding hydrogens is 334 g/mol. The number of aliphatic imine (C=N–C) groups is 1. The maximum Gasteiger partial charge on any atom is 0.295 e. The second kappa shape index (κ2) is 10.1. The second-order valence-electron chi connectivity index (χ2n) is 6.42. The van der Waals surface area contributed by atoms with Gasteiger partial charge in [0, 0.05) is 25.8 Å². The number of hydrogen-bond acceptors (Lipinski definition) is 5. The molecule has 0 bridgehead atoms. The third kappa shape index (κ3) is 5.71. The Bertz CT molecular complexity index is 613. The quantitative estimate of drug-likeness (QED) is 0.437. The zero-order chi connectivity index (χ0) is 18.9. The fraction of sp³-hybridized carbons (Fsp3) is 0.579. The van der Waals surface area contributed by atoms with Crippen molar-refractivity contribution >= 4 is 11.9 Å². The highest BCUT2D eigenvalue weighted by molar-refractivity contribution is 6.01. The minimum atomic E-state index is -0.351. The van der Waals surface area contributed by atoms with Gasteiger partial charge in [-0.2, -0.15) is 4.99 Å². The van der Waals surface area contributed by atoms with Gasteiger partial charge >= 0.3 is 0 Å². The first kappa shape index (κ1) is 20.2. The first-order valence-electron chi connectivity index (χ1n) is 8.85. The van der Waals surface area contributed by atoms with Crippen LogP contribution < -0.4 is 4.74 Å². The number of amides is 1. The van der Waals surface area contributed by atoms with Crippen LogP contribution in [0, 0.1) is 0 Å². The van der Waals surface area contributed by atoms with Crippen molar-refractivity contribution < 1.29 is 19.0 Å². The molecule has 0 aliphatic carbocycles. The van der Waals surface area contributed by atoms with Crippen LogP contribution in [0.15, 0.2) is 29.3 Å². The molecule has 0 saturated carbocycles. The molecule has 0 radical (unpaired) electrons. The van der Waals surface area contributed by atoms with E-state index < -0.39 is 0 Å². The van der Waals surface area contributed by atoms with Gasteiger partial charge in [-0.25, -0.2) is 0 Å². The van der Waals surface area contributed by atoms with Gasteiger partial charge in [-0.15, -0.1) is 0 Å². The number of amidine groups is 1. The molecule has 1 aromatic rings. The predicted molar refractivity (Wildman–Crippen MR) is 101 cm³/mol. The van der Waals surface area contributed by atoms with E-state index in [0.29, 0.717) is 36.6 Å². The molecule has 1 fully saturated rings. The smallest absolute Gasteiger partial charge is 0.295 e. The van der Waals surface area contributed by atoms with Crippen LogP contribution >= 0.6 is 0 Å². The first-order valence-corrected chi connectivity index (χ1v) is 8.85. The summed E-state index contributed by atoms with van der Waals surface area (Å²) in [5.74, 6) is 0.271. The van der Waals surface area contributed by atoms with E-state index in [1.54, 1.807) is 38.5 Å². The van der Waals surface area contributed by atoms with E-state index in [9.17, 15) is 4.79 Å². The maximum atomic E-state index is 12.6. The Morgan fingerprint density at radius 1 is 1.27 bits per heavy atom. The fourth-order valence-corrected chi connectivity index (χ4v) is 2.88. The molecular formula is C19H29N3O4. The number of carbonyl (C=O) groups excluding carboxylic acids is 1. The van der Waals surface area contributed by atoms with Gasteiger partial charge in [-0.3, -0.25) is 4.79 Å². The Hall–Kier alpha value is -2.12. The van der Waals surface area contributed by atoms with Crippen molar-refractivity contribution in [1.82, 2.24) is 9.80 Å². The van der Waals surface area contributed by atoms with Crippen molar-refractivity contribution in [3.05, 3.63) is 29.8 Å². The van der Waals surface area contributed by atoms with Crippen molar-refractivity contribution in [3.63, 3.8) is 0 Å². The molecule has 1 amide bonds. The van der Waals surface area contributed by atoms with E-state index in [4.69, 9.17) is 14.2 Å². The van der Waals surface area contributed by atoms with Gasteiger partial charge in [-0.05, 0) is 51.2 Å². The van der Waals surface area contributed by atoms with E-state index in [0.717, 1.165) is 25.9 Å². The number of carbonyl (C=O) groups is 1. The average Bonchev–Trinajstić information content (AvgIpc) is 2.67. The van der Waals surface area contributed by atoms with E-state index in [1.165, 1.54) is 0 Å². The Morgan fingerprint density at radius 3 is 2.65 bits per heavy atom. The van der Waals surface area contributed by atoms with Gasteiger partial charge < -0.3 is 24.0 Å². The summed E-state index contributed by atoms with van der Waals surface area (Å²) in [5, 5.41) is 0. The molecule has 1 aliphatic rings. The summed E-state index contributed by atoms with van der Waals surface area (Å²) in [6, 6.07) is 7.59. The third-order valence-corrected chi connectivity index (χ3v) is 4.57. The number of benzene rings is 1. The summed E-state index contributed by atoms with van der Waals surface area (Å²) in [5.41, 5.74) is 0.467. The predicted octanol–water partition coefficient (Wildman–Crippen LogP) is 1.88. The number of piperidine rings is 1. The zero-order valence-corrected chi connectivity index (χ0v) is 16.1. The van der Waals surface area contributed by atoms with Gasteiger partial charge in [0.2, 0.25) is 0 Å². The molecule has 0 aromatic heterocycles. The van der Waals surface area contributed by atoms with Gasteiger partial charge in [0.25, 0.3) is 11.9 Å². The highest BCUT2D eigenvalue weighted by Gasteiger charge is 2.24. The SMILES string of the molecule is COCCOC(=NC(=O)c1cccc(OC)c1)N(C)C1CCN(C)CC1. The second-order valence-corrected chi connectivity index (χ2v) is 6.42. The summed E-state index contributed by atoms with van der Waals surface area (Å²) < 4.78 is 16.0. The number of rotatable bonds is 6. The van der Waals surface area contributed by atoms with Crippen molar-refractivity contribution in [2.45, 2.75) is 18.9 Å². The molecule has 7 heteroatoms. The molecule has 26 heavy (non-hydrogen) atoms. The lowest BCUT2D eigenvalue weighted by Crippen LogP contribution is -2.45. The molecule has 0 spiro atoms. The monoisotopic (exact) mass is 363 g/mol. The Kier molecular flexibility index (Phi) is 7.87. The Morgan fingerprint density at radius 2 is 2.00 bits per heavy atom. The first-order chi connectivity index (χ1) is 12.5. The zero-order valence-electron chi connectivity index (χ0n) is 16.1. The van der Waals surface area contributed by atoms with Crippen LogP contribution in [0.25, 0.3) is 0 Å². The molecule has 0 N–H and O–H groups in total. The Balaban J connectivity index is 2.15. The van der Waals surface area contributed by atoms with Crippen LogP contribution in [0.1, 0.15) is 23.2 Å². The summed E-state index contributed by atoms with van der Waals surface area (Å²) in [4.78, 5) is 21.1. The molecule has 144 valence electrons.